The Hall–Kier alpha value is -2.23. The minimum Gasteiger partial charge on any atom is -0.462 e. The molecule has 118 valence electrons. The van der Waals surface area contributed by atoms with Crippen LogP contribution in [-0.4, -0.2) is 22.5 Å². The van der Waals surface area contributed by atoms with Gasteiger partial charge in [-0.25, -0.2) is 4.79 Å². The van der Waals surface area contributed by atoms with E-state index in [4.69, 9.17) is 4.74 Å². The summed E-state index contributed by atoms with van der Waals surface area (Å²) in [5.41, 5.74) is 1.91. The molecule has 2 heterocycles. The second-order valence-electron chi connectivity index (χ2n) is 4.77. The van der Waals surface area contributed by atoms with Gasteiger partial charge in [-0.2, -0.15) is 0 Å². The molecule has 0 unspecified atom stereocenters. The van der Waals surface area contributed by atoms with Crippen molar-refractivity contribution in [2.75, 3.05) is 6.61 Å². The third-order valence-electron chi connectivity index (χ3n) is 2.99. The van der Waals surface area contributed by atoms with Crippen molar-refractivity contribution in [1.82, 2.24) is 9.97 Å². The number of nitrogens with zero attached hydrogens (tertiary/aromatic N) is 2. The van der Waals surface area contributed by atoms with Crippen molar-refractivity contribution >= 4 is 5.97 Å². The van der Waals surface area contributed by atoms with Crippen LogP contribution >= 0.6 is 0 Å². The van der Waals surface area contributed by atoms with Crippen LogP contribution in [0.4, 0.5) is 0 Å². The van der Waals surface area contributed by atoms with Crippen molar-refractivity contribution in [2.45, 2.75) is 39.5 Å². The Morgan fingerprint density at radius 3 is 2.41 bits per heavy atom. The van der Waals surface area contributed by atoms with E-state index in [1.165, 1.54) is 37.4 Å². The topological polar surface area (TPSA) is 52.1 Å². The van der Waals surface area contributed by atoms with E-state index in [1.807, 2.05) is 12.4 Å². The number of hydrogen-bond acceptors (Lipinski definition) is 4. The summed E-state index contributed by atoms with van der Waals surface area (Å²) in [5, 5.41) is 0. The Morgan fingerprint density at radius 2 is 1.82 bits per heavy atom. The molecular weight excluding hydrogens is 276 g/mol. The fourth-order valence-corrected chi connectivity index (χ4v) is 1.83. The number of carbonyl (C=O) groups excluding carboxylic acids is 1. The van der Waals surface area contributed by atoms with Crippen LogP contribution in [-0.2, 0) is 11.2 Å². The van der Waals surface area contributed by atoms with Gasteiger partial charge < -0.3 is 4.74 Å². The summed E-state index contributed by atoms with van der Waals surface area (Å²) >= 11 is 0. The number of ether oxygens (including phenoxy) is 1. The van der Waals surface area contributed by atoms with Gasteiger partial charge in [-0.3, -0.25) is 9.97 Å². The molecule has 2 aromatic rings. The van der Waals surface area contributed by atoms with E-state index in [0.29, 0.717) is 12.2 Å². The molecule has 0 aliphatic rings. The van der Waals surface area contributed by atoms with E-state index in [2.05, 4.69) is 29.0 Å². The summed E-state index contributed by atoms with van der Waals surface area (Å²) in [5.74, 6) is -0.319. The first-order valence-electron chi connectivity index (χ1n) is 7.74. The number of aryl methyl sites for hydroxylation is 1. The molecule has 4 nitrogen and oxygen atoms in total. The number of pyridine rings is 2. The Morgan fingerprint density at radius 1 is 1.05 bits per heavy atom. The van der Waals surface area contributed by atoms with Gasteiger partial charge in [-0.1, -0.05) is 19.8 Å². The molecule has 0 saturated carbocycles. The van der Waals surface area contributed by atoms with Gasteiger partial charge in [-0.15, -0.1) is 0 Å². The SMILES string of the molecule is CCCCCc1ccncc1.CCOC(=O)c1cccnc1. The molecule has 0 amide bonds. The van der Waals surface area contributed by atoms with Gasteiger partial charge in [0.2, 0.25) is 0 Å². The maximum atomic E-state index is 11.0. The average molecular weight is 300 g/mol. The highest BCUT2D eigenvalue weighted by Crippen LogP contribution is 2.04. The molecule has 0 N–H and O–H groups in total. The lowest BCUT2D eigenvalue weighted by atomic mass is 10.1. The Labute approximate surface area is 132 Å². The number of rotatable bonds is 6. The van der Waals surface area contributed by atoms with Gasteiger partial charge in [0.05, 0.1) is 12.2 Å². The predicted molar refractivity (Wildman–Crippen MR) is 87.7 cm³/mol. The second-order valence-corrected chi connectivity index (χ2v) is 4.77. The normalized spacial score (nSPS) is 9.55. The van der Waals surface area contributed by atoms with E-state index in [0.717, 1.165) is 0 Å². The molecular formula is C18H24N2O2. The number of unbranched alkanes of at least 4 members (excludes halogenated alkanes) is 2. The number of hydrogen-bond donors (Lipinski definition) is 0. The highest BCUT2D eigenvalue weighted by atomic mass is 16.5. The highest BCUT2D eigenvalue weighted by molar-refractivity contribution is 5.88. The summed E-state index contributed by atoms with van der Waals surface area (Å²) in [6.07, 6.45) is 12.0. The average Bonchev–Trinajstić information content (AvgIpc) is 2.58. The first-order chi connectivity index (χ1) is 10.8. The first kappa shape index (κ1) is 17.8. The van der Waals surface area contributed by atoms with Gasteiger partial charge in [-0.05, 0) is 49.6 Å². The third kappa shape index (κ3) is 7.53. The van der Waals surface area contributed by atoms with Crippen LogP contribution in [0.5, 0.6) is 0 Å². The van der Waals surface area contributed by atoms with Crippen molar-refractivity contribution < 1.29 is 9.53 Å². The lowest BCUT2D eigenvalue weighted by Gasteiger charge is -1.98. The maximum absolute atomic E-state index is 11.0. The van der Waals surface area contributed by atoms with Gasteiger partial charge in [0, 0.05) is 24.8 Å². The van der Waals surface area contributed by atoms with Crippen LogP contribution < -0.4 is 0 Å². The summed E-state index contributed by atoms with van der Waals surface area (Å²) in [6.45, 7) is 4.40. The molecule has 2 rings (SSSR count). The Balaban J connectivity index is 0.000000220. The summed E-state index contributed by atoms with van der Waals surface area (Å²) in [6, 6.07) is 7.56. The fraction of sp³-hybridized carbons (Fsp3) is 0.389. The van der Waals surface area contributed by atoms with E-state index in [-0.39, 0.29) is 5.97 Å². The Kier molecular flexibility index (Phi) is 9.26. The second kappa shape index (κ2) is 11.4. The molecule has 0 bridgehead atoms. The maximum Gasteiger partial charge on any atom is 0.339 e. The third-order valence-corrected chi connectivity index (χ3v) is 2.99. The van der Waals surface area contributed by atoms with E-state index < -0.39 is 0 Å². The van der Waals surface area contributed by atoms with Crippen molar-refractivity contribution in [3.8, 4) is 0 Å². The molecule has 0 fully saturated rings. The molecule has 2 aromatic heterocycles. The van der Waals surface area contributed by atoms with Crippen LogP contribution in [0, 0.1) is 0 Å². The summed E-state index contributed by atoms with van der Waals surface area (Å²) < 4.78 is 4.75. The quantitative estimate of drug-likeness (QED) is 0.596. The van der Waals surface area contributed by atoms with Crippen LogP contribution in [0.3, 0.4) is 0 Å². The number of carbonyl (C=O) groups is 1. The zero-order valence-electron chi connectivity index (χ0n) is 13.4. The van der Waals surface area contributed by atoms with Gasteiger partial charge in [0.1, 0.15) is 0 Å². The van der Waals surface area contributed by atoms with Crippen LogP contribution in [0.25, 0.3) is 0 Å². The zero-order chi connectivity index (χ0) is 16.0. The molecule has 0 radical (unpaired) electrons. The van der Waals surface area contributed by atoms with Crippen molar-refractivity contribution in [2.24, 2.45) is 0 Å². The monoisotopic (exact) mass is 300 g/mol. The largest absolute Gasteiger partial charge is 0.462 e. The van der Waals surface area contributed by atoms with E-state index >= 15 is 0 Å². The van der Waals surface area contributed by atoms with Gasteiger partial charge in [0.25, 0.3) is 0 Å². The highest BCUT2D eigenvalue weighted by Gasteiger charge is 2.03. The van der Waals surface area contributed by atoms with Crippen molar-refractivity contribution in [1.29, 1.82) is 0 Å². The number of aromatic nitrogens is 2. The summed E-state index contributed by atoms with van der Waals surface area (Å²) in [7, 11) is 0. The minimum atomic E-state index is -0.319. The van der Waals surface area contributed by atoms with Gasteiger partial charge in [0.15, 0.2) is 0 Å². The fourth-order valence-electron chi connectivity index (χ4n) is 1.83. The molecule has 0 aliphatic heterocycles. The molecule has 4 heteroatoms. The van der Waals surface area contributed by atoms with Crippen LogP contribution in [0.1, 0.15) is 49.0 Å². The van der Waals surface area contributed by atoms with Crippen LogP contribution in [0.2, 0.25) is 0 Å². The van der Waals surface area contributed by atoms with Crippen molar-refractivity contribution in [3.05, 3.63) is 60.2 Å². The predicted octanol–water partition coefficient (Wildman–Crippen LogP) is 4.07. The molecule has 0 aromatic carbocycles. The van der Waals surface area contributed by atoms with Crippen molar-refractivity contribution in [3.63, 3.8) is 0 Å². The minimum absolute atomic E-state index is 0.319. The summed E-state index contributed by atoms with van der Waals surface area (Å²) in [4.78, 5) is 18.7. The number of esters is 1. The van der Waals surface area contributed by atoms with Crippen LogP contribution in [0.15, 0.2) is 49.1 Å². The lowest BCUT2D eigenvalue weighted by Crippen LogP contribution is -2.04. The lowest BCUT2D eigenvalue weighted by molar-refractivity contribution is 0.0526. The van der Waals surface area contributed by atoms with Gasteiger partial charge >= 0.3 is 5.97 Å². The molecule has 0 saturated heterocycles. The zero-order valence-corrected chi connectivity index (χ0v) is 13.4. The molecule has 22 heavy (non-hydrogen) atoms. The van der Waals surface area contributed by atoms with E-state index in [1.54, 1.807) is 25.3 Å². The van der Waals surface area contributed by atoms with E-state index in [9.17, 15) is 4.79 Å². The standard InChI is InChI=1S/C10H15N.C8H9NO2/c1-2-3-4-5-10-6-8-11-9-7-10;1-2-11-8(10)7-4-3-5-9-6-7/h6-9H,2-5H2,1H3;3-6H,2H2,1H3. The molecule has 0 aliphatic carbocycles. The Bertz CT molecular complexity index is 515. The molecule has 0 atom stereocenters. The molecule has 0 spiro atoms. The first-order valence-corrected chi connectivity index (χ1v) is 7.74. The smallest absolute Gasteiger partial charge is 0.339 e.